The van der Waals surface area contributed by atoms with Crippen LogP contribution in [-0.2, 0) is 20.7 Å². The number of hydrogen-bond acceptors (Lipinski definition) is 4. The fourth-order valence-corrected chi connectivity index (χ4v) is 4.48. The van der Waals surface area contributed by atoms with E-state index in [1.165, 1.54) is 0 Å². The second-order valence-electron chi connectivity index (χ2n) is 10.8. The maximum Gasteiger partial charge on any atom is 0.408 e. The highest BCUT2D eigenvalue weighted by atomic mass is 16.6. The van der Waals surface area contributed by atoms with Crippen LogP contribution in [0.2, 0.25) is 0 Å². The van der Waals surface area contributed by atoms with E-state index in [4.69, 9.17) is 4.74 Å². The zero-order valence-corrected chi connectivity index (χ0v) is 24.1. The van der Waals surface area contributed by atoms with Crippen molar-refractivity contribution < 1.29 is 19.1 Å². The second-order valence-corrected chi connectivity index (χ2v) is 10.8. The van der Waals surface area contributed by atoms with Gasteiger partial charge in [0.25, 0.3) is 0 Å². The molecule has 0 aliphatic carbocycles. The van der Waals surface area contributed by atoms with Gasteiger partial charge in [-0.1, -0.05) is 68.8 Å². The van der Waals surface area contributed by atoms with Crippen LogP contribution in [0.25, 0.3) is 0 Å². The molecular weight excluding hydrogens is 478 g/mol. The topological polar surface area (TPSA) is 87.7 Å². The Balaban J connectivity index is 2.54. The molecule has 208 valence electrons. The van der Waals surface area contributed by atoms with E-state index in [2.05, 4.69) is 17.6 Å². The SMILES string of the molecule is CCCCNC(=O)C(c1c(C)cccc1C)N(CCC)C(=O)C(Cc1ccccc1)NC(=O)OC(C)(C)C. The summed E-state index contributed by atoms with van der Waals surface area (Å²) in [6.45, 7) is 14.2. The van der Waals surface area contributed by atoms with Gasteiger partial charge in [-0.15, -0.1) is 0 Å². The number of carbonyl (C=O) groups excluding carboxylic acids is 3. The van der Waals surface area contributed by atoms with Crippen molar-refractivity contribution in [3.63, 3.8) is 0 Å². The molecule has 2 unspecified atom stereocenters. The van der Waals surface area contributed by atoms with E-state index >= 15 is 0 Å². The number of hydrogen-bond donors (Lipinski definition) is 2. The molecule has 2 aromatic carbocycles. The van der Waals surface area contributed by atoms with E-state index in [0.29, 0.717) is 19.5 Å². The maximum absolute atomic E-state index is 14.3. The summed E-state index contributed by atoms with van der Waals surface area (Å²) in [5.41, 5.74) is 2.88. The third kappa shape index (κ3) is 9.19. The Bertz CT molecular complexity index is 1040. The van der Waals surface area contributed by atoms with E-state index in [0.717, 1.165) is 35.1 Å². The number of alkyl carbamates (subject to hydrolysis) is 1. The molecule has 0 heterocycles. The average Bonchev–Trinajstić information content (AvgIpc) is 2.84. The number of aryl methyl sites for hydroxylation is 2. The van der Waals surface area contributed by atoms with Crippen LogP contribution in [0.15, 0.2) is 48.5 Å². The van der Waals surface area contributed by atoms with Gasteiger partial charge in [-0.2, -0.15) is 0 Å². The summed E-state index contributed by atoms with van der Waals surface area (Å²) in [7, 11) is 0. The molecule has 38 heavy (non-hydrogen) atoms. The summed E-state index contributed by atoms with van der Waals surface area (Å²) in [5.74, 6) is -0.534. The van der Waals surface area contributed by atoms with Gasteiger partial charge in [0.05, 0.1) is 0 Å². The van der Waals surface area contributed by atoms with Crippen LogP contribution in [0.5, 0.6) is 0 Å². The maximum atomic E-state index is 14.3. The van der Waals surface area contributed by atoms with E-state index in [1.54, 1.807) is 25.7 Å². The van der Waals surface area contributed by atoms with Crippen molar-refractivity contribution in [3.05, 3.63) is 70.8 Å². The third-order valence-corrected chi connectivity index (χ3v) is 6.22. The van der Waals surface area contributed by atoms with Gasteiger partial charge in [-0.3, -0.25) is 9.59 Å². The standard InChI is InChI=1S/C31H45N3O4/c1-8-10-19-32-28(35)27(26-22(3)15-14-16-23(26)4)34(20-9-2)29(36)25(21-24-17-12-11-13-18-24)33-30(37)38-31(5,6)7/h11-18,25,27H,8-10,19-21H2,1-7H3,(H,32,35)(H,33,37). The van der Waals surface area contributed by atoms with Gasteiger partial charge in [0.2, 0.25) is 11.8 Å². The van der Waals surface area contributed by atoms with Gasteiger partial charge in [0, 0.05) is 19.5 Å². The van der Waals surface area contributed by atoms with Crippen molar-refractivity contribution in [2.24, 2.45) is 0 Å². The van der Waals surface area contributed by atoms with Gasteiger partial charge in [-0.25, -0.2) is 4.79 Å². The Kier molecular flexibility index (Phi) is 11.8. The number of carbonyl (C=O) groups is 3. The highest BCUT2D eigenvalue weighted by Crippen LogP contribution is 2.29. The summed E-state index contributed by atoms with van der Waals surface area (Å²) < 4.78 is 5.49. The van der Waals surface area contributed by atoms with Gasteiger partial charge < -0.3 is 20.3 Å². The minimum absolute atomic E-state index is 0.214. The van der Waals surface area contributed by atoms with E-state index < -0.39 is 23.8 Å². The van der Waals surface area contributed by atoms with Crippen LogP contribution in [0.1, 0.15) is 82.2 Å². The van der Waals surface area contributed by atoms with Crippen LogP contribution < -0.4 is 10.6 Å². The van der Waals surface area contributed by atoms with E-state index in [-0.39, 0.29) is 18.2 Å². The van der Waals surface area contributed by atoms with Crippen molar-refractivity contribution in [2.45, 2.75) is 91.8 Å². The van der Waals surface area contributed by atoms with Crippen molar-refractivity contribution >= 4 is 17.9 Å². The minimum Gasteiger partial charge on any atom is -0.444 e. The molecule has 0 aliphatic heterocycles. The lowest BCUT2D eigenvalue weighted by molar-refractivity contribution is -0.142. The minimum atomic E-state index is -0.908. The van der Waals surface area contributed by atoms with E-state index in [1.807, 2.05) is 69.3 Å². The summed E-state index contributed by atoms with van der Waals surface area (Å²) in [4.78, 5) is 42.4. The molecular formula is C31H45N3O4. The fourth-order valence-electron chi connectivity index (χ4n) is 4.48. The second kappa shape index (κ2) is 14.6. The first-order chi connectivity index (χ1) is 18.0. The predicted octanol–water partition coefficient (Wildman–Crippen LogP) is 5.64. The highest BCUT2D eigenvalue weighted by molar-refractivity contribution is 5.92. The number of rotatable bonds is 12. The summed E-state index contributed by atoms with van der Waals surface area (Å²) in [5, 5.41) is 5.85. The zero-order valence-electron chi connectivity index (χ0n) is 24.1. The first-order valence-corrected chi connectivity index (χ1v) is 13.7. The van der Waals surface area contributed by atoms with Crippen LogP contribution >= 0.6 is 0 Å². The largest absolute Gasteiger partial charge is 0.444 e. The van der Waals surface area contributed by atoms with Crippen LogP contribution in [-0.4, -0.2) is 47.5 Å². The molecule has 0 aliphatic rings. The molecule has 0 spiro atoms. The molecule has 0 fully saturated rings. The first-order valence-electron chi connectivity index (χ1n) is 13.7. The number of nitrogens with zero attached hydrogens (tertiary/aromatic N) is 1. The van der Waals surface area contributed by atoms with Crippen molar-refractivity contribution in [1.82, 2.24) is 15.5 Å². The van der Waals surface area contributed by atoms with Crippen molar-refractivity contribution in [2.75, 3.05) is 13.1 Å². The molecule has 2 rings (SSSR count). The van der Waals surface area contributed by atoms with Gasteiger partial charge in [-0.05, 0) is 69.7 Å². The molecule has 7 nitrogen and oxygen atoms in total. The Hall–Kier alpha value is -3.35. The normalized spacial score (nSPS) is 12.8. The predicted molar refractivity (Wildman–Crippen MR) is 152 cm³/mol. The molecule has 2 aromatic rings. The molecule has 0 radical (unpaired) electrons. The Morgan fingerprint density at radius 2 is 1.55 bits per heavy atom. The quantitative estimate of drug-likeness (QED) is 0.353. The Morgan fingerprint density at radius 1 is 0.921 bits per heavy atom. The highest BCUT2D eigenvalue weighted by Gasteiger charge is 2.37. The summed E-state index contributed by atoms with van der Waals surface area (Å²) in [6, 6.07) is 13.7. The third-order valence-electron chi connectivity index (χ3n) is 6.22. The summed E-state index contributed by atoms with van der Waals surface area (Å²) in [6.07, 6.45) is 2.06. The molecule has 7 heteroatoms. The molecule has 3 amide bonds. The van der Waals surface area contributed by atoms with Crippen molar-refractivity contribution in [3.8, 4) is 0 Å². The number of amides is 3. The molecule has 0 bridgehead atoms. The van der Waals surface area contributed by atoms with Crippen molar-refractivity contribution in [1.29, 1.82) is 0 Å². The number of nitrogens with one attached hydrogen (secondary N) is 2. The summed E-state index contributed by atoms with van der Waals surface area (Å²) >= 11 is 0. The lowest BCUT2D eigenvalue weighted by Gasteiger charge is -2.35. The Morgan fingerprint density at radius 3 is 2.11 bits per heavy atom. The van der Waals surface area contributed by atoms with Gasteiger partial charge in [0.1, 0.15) is 17.7 Å². The number of ether oxygens (including phenoxy) is 1. The van der Waals surface area contributed by atoms with Crippen LogP contribution in [0, 0.1) is 13.8 Å². The number of unbranched alkanes of at least 4 members (excludes halogenated alkanes) is 1. The molecule has 0 saturated heterocycles. The fraction of sp³-hybridized carbons (Fsp3) is 0.516. The lowest BCUT2D eigenvalue weighted by atomic mass is 9.93. The smallest absolute Gasteiger partial charge is 0.408 e. The van der Waals surface area contributed by atoms with Crippen LogP contribution in [0.3, 0.4) is 0 Å². The van der Waals surface area contributed by atoms with Gasteiger partial charge in [0.15, 0.2) is 0 Å². The van der Waals surface area contributed by atoms with Gasteiger partial charge >= 0.3 is 6.09 Å². The molecule has 0 saturated carbocycles. The molecule has 2 atom stereocenters. The Labute approximate surface area is 228 Å². The zero-order chi connectivity index (χ0) is 28.3. The molecule has 2 N–H and O–H groups in total. The van der Waals surface area contributed by atoms with Crippen LogP contribution in [0.4, 0.5) is 4.79 Å². The average molecular weight is 524 g/mol. The monoisotopic (exact) mass is 523 g/mol. The lowest BCUT2D eigenvalue weighted by Crippen LogP contribution is -2.54. The number of benzene rings is 2. The van der Waals surface area contributed by atoms with E-state index in [9.17, 15) is 14.4 Å². The molecule has 0 aromatic heterocycles. The first kappa shape index (κ1) is 30.9.